The summed E-state index contributed by atoms with van der Waals surface area (Å²) in [6, 6.07) is 11.1. The van der Waals surface area contributed by atoms with Gasteiger partial charge in [-0.25, -0.2) is 8.78 Å². The molecule has 0 aliphatic carbocycles. The molecule has 0 spiro atoms. The molecular weight excluding hydrogens is 464 g/mol. The second kappa shape index (κ2) is 11.4. The smallest absolute Gasteiger partial charge is 0.241 e. The topological polar surface area (TPSA) is 94.6 Å². The molecule has 2 fully saturated rings. The molecule has 3 N–H and O–H groups in total. The van der Waals surface area contributed by atoms with Crippen molar-refractivity contribution in [1.29, 1.82) is 5.26 Å². The molecule has 0 unspecified atom stereocenters. The second-order valence-electron chi connectivity index (χ2n) is 9.82. The van der Waals surface area contributed by atoms with Crippen LogP contribution < -0.4 is 11.1 Å². The van der Waals surface area contributed by atoms with Crippen LogP contribution in [0.25, 0.3) is 11.1 Å². The zero-order valence-corrected chi connectivity index (χ0v) is 20.6. The molecule has 1 atom stereocenters. The molecule has 0 aromatic heterocycles. The predicted molar refractivity (Wildman–Crippen MR) is 133 cm³/mol. The number of piperazine rings is 1. The summed E-state index contributed by atoms with van der Waals surface area (Å²) in [6.07, 6.45) is 0.349. The Balaban J connectivity index is 1.41. The van der Waals surface area contributed by atoms with Gasteiger partial charge in [0.25, 0.3) is 0 Å². The van der Waals surface area contributed by atoms with E-state index >= 15 is 0 Å². The fourth-order valence-corrected chi connectivity index (χ4v) is 4.63. The first-order valence-electron chi connectivity index (χ1n) is 12.3. The molecule has 0 saturated carbocycles. The number of rotatable bonds is 7. The minimum Gasteiger partial charge on any atom is -0.381 e. The summed E-state index contributed by atoms with van der Waals surface area (Å²) in [6.45, 7) is 5.66. The van der Waals surface area contributed by atoms with Crippen molar-refractivity contribution in [1.82, 2.24) is 15.1 Å². The molecule has 36 heavy (non-hydrogen) atoms. The lowest BCUT2D eigenvalue weighted by Gasteiger charge is -2.32. The lowest BCUT2D eigenvalue weighted by atomic mass is 9.89. The summed E-state index contributed by atoms with van der Waals surface area (Å²) in [5.41, 5.74) is 7.04. The predicted octanol–water partition coefficient (Wildman–Crippen LogP) is 2.44. The first kappa shape index (κ1) is 26.2. The molecule has 2 aromatic rings. The third-order valence-electron chi connectivity index (χ3n) is 7.14. The molecule has 7 nitrogen and oxygen atoms in total. The maximum absolute atomic E-state index is 15.0. The Labute approximate surface area is 210 Å². The summed E-state index contributed by atoms with van der Waals surface area (Å²) >= 11 is 0. The number of amides is 1. The first-order chi connectivity index (χ1) is 17.3. The van der Waals surface area contributed by atoms with Crippen LogP contribution in [0.5, 0.6) is 0 Å². The van der Waals surface area contributed by atoms with Crippen LogP contribution in [0.3, 0.4) is 0 Å². The number of carbonyl (C=O) groups is 1. The Morgan fingerprint density at radius 1 is 1.11 bits per heavy atom. The SMILES string of the molecule is CN1CCN(Cc2ccc(-c3cc(F)c(C[C@@H](C#N)NC(=O)C4(N)CCOCC4)c(F)c3)cc2)CC1. The van der Waals surface area contributed by atoms with E-state index in [1.54, 1.807) is 0 Å². The van der Waals surface area contributed by atoms with Gasteiger partial charge in [-0.15, -0.1) is 0 Å². The number of hydrogen-bond acceptors (Lipinski definition) is 6. The maximum Gasteiger partial charge on any atom is 0.241 e. The number of likely N-dealkylation sites (N-methyl/N-ethyl adjacent to an activating group) is 1. The molecule has 192 valence electrons. The van der Waals surface area contributed by atoms with E-state index < -0.39 is 29.1 Å². The van der Waals surface area contributed by atoms with Crippen molar-refractivity contribution in [3.63, 3.8) is 0 Å². The number of nitriles is 1. The average molecular weight is 498 g/mol. The van der Waals surface area contributed by atoms with Crippen LogP contribution in [0.15, 0.2) is 36.4 Å². The molecule has 9 heteroatoms. The van der Waals surface area contributed by atoms with E-state index in [0.29, 0.717) is 37.2 Å². The van der Waals surface area contributed by atoms with Crippen LogP contribution >= 0.6 is 0 Å². The molecule has 2 saturated heterocycles. The molecule has 4 rings (SSSR count). The molecule has 2 heterocycles. The Morgan fingerprint density at radius 3 is 2.31 bits per heavy atom. The highest BCUT2D eigenvalue weighted by Gasteiger charge is 2.37. The maximum atomic E-state index is 15.0. The highest BCUT2D eigenvalue weighted by atomic mass is 19.1. The number of nitrogens with two attached hydrogens (primary N) is 1. The van der Waals surface area contributed by atoms with Crippen molar-refractivity contribution in [2.24, 2.45) is 5.73 Å². The first-order valence-corrected chi connectivity index (χ1v) is 12.3. The third-order valence-corrected chi connectivity index (χ3v) is 7.14. The molecule has 1 amide bonds. The van der Waals surface area contributed by atoms with Gasteiger partial charge in [0.2, 0.25) is 5.91 Å². The fourth-order valence-electron chi connectivity index (χ4n) is 4.63. The van der Waals surface area contributed by atoms with Gasteiger partial charge >= 0.3 is 0 Å². The van der Waals surface area contributed by atoms with Gasteiger partial charge < -0.3 is 20.7 Å². The van der Waals surface area contributed by atoms with Crippen LogP contribution in [0.2, 0.25) is 0 Å². The van der Waals surface area contributed by atoms with E-state index in [1.165, 1.54) is 12.1 Å². The summed E-state index contributed by atoms with van der Waals surface area (Å²) in [5, 5.41) is 12.1. The van der Waals surface area contributed by atoms with E-state index in [2.05, 4.69) is 22.2 Å². The number of nitrogens with zero attached hydrogens (tertiary/aromatic N) is 3. The zero-order valence-electron chi connectivity index (χ0n) is 20.6. The van der Waals surface area contributed by atoms with Gasteiger partial charge in [0.1, 0.15) is 17.7 Å². The molecule has 0 radical (unpaired) electrons. The summed E-state index contributed by atoms with van der Waals surface area (Å²) in [5.74, 6) is -2.02. The quantitative estimate of drug-likeness (QED) is 0.610. The van der Waals surface area contributed by atoms with Gasteiger partial charge in [0.15, 0.2) is 0 Å². The molecule has 2 aliphatic heterocycles. The lowest BCUT2D eigenvalue weighted by Crippen LogP contribution is -2.58. The van der Waals surface area contributed by atoms with Crippen LogP contribution in [-0.2, 0) is 22.5 Å². The number of hydrogen-bond donors (Lipinski definition) is 2. The van der Waals surface area contributed by atoms with Gasteiger partial charge in [-0.1, -0.05) is 24.3 Å². The Kier molecular flexibility index (Phi) is 8.32. The minimum atomic E-state index is -1.15. The molecule has 2 aliphatic rings. The summed E-state index contributed by atoms with van der Waals surface area (Å²) in [7, 11) is 2.12. The van der Waals surface area contributed by atoms with E-state index in [1.807, 2.05) is 30.3 Å². The van der Waals surface area contributed by atoms with Crippen molar-refractivity contribution >= 4 is 5.91 Å². The highest BCUT2D eigenvalue weighted by molar-refractivity contribution is 5.86. The Morgan fingerprint density at radius 2 is 1.72 bits per heavy atom. The molecule has 2 aromatic carbocycles. The monoisotopic (exact) mass is 497 g/mol. The largest absolute Gasteiger partial charge is 0.381 e. The average Bonchev–Trinajstić information content (AvgIpc) is 2.87. The second-order valence-corrected chi connectivity index (χ2v) is 9.82. The number of nitrogens with one attached hydrogen (secondary N) is 1. The zero-order chi connectivity index (χ0) is 25.7. The molecular formula is C27H33F2N5O2. The Bertz CT molecular complexity index is 1080. The summed E-state index contributed by atoms with van der Waals surface area (Å²) < 4.78 is 35.2. The Hall–Kier alpha value is -2.90. The van der Waals surface area contributed by atoms with E-state index in [0.717, 1.165) is 38.3 Å². The fraction of sp³-hybridized carbons (Fsp3) is 0.481. The van der Waals surface area contributed by atoms with E-state index in [4.69, 9.17) is 10.5 Å². The van der Waals surface area contributed by atoms with Crippen molar-refractivity contribution in [2.45, 2.75) is 37.4 Å². The van der Waals surface area contributed by atoms with Crippen molar-refractivity contribution in [3.8, 4) is 17.2 Å². The van der Waals surface area contributed by atoms with Crippen molar-refractivity contribution in [2.75, 3.05) is 46.4 Å². The van der Waals surface area contributed by atoms with Gasteiger partial charge in [0.05, 0.1) is 11.6 Å². The van der Waals surface area contributed by atoms with Crippen LogP contribution in [-0.4, -0.2) is 73.7 Å². The van der Waals surface area contributed by atoms with Gasteiger partial charge in [-0.2, -0.15) is 5.26 Å². The van der Waals surface area contributed by atoms with Crippen molar-refractivity contribution in [3.05, 3.63) is 59.2 Å². The lowest BCUT2D eigenvalue weighted by molar-refractivity contribution is -0.130. The van der Waals surface area contributed by atoms with E-state index in [9.17, 15) is 18.8 Å². The number of halogens is 2. The normalized spacial score (nSPS) is 19.4. The number of benzene rings is 2. The van der Waals surface area contributed by atoms with Gasteiger partial charge in [-0.05, 0) is 48.7 Å². The minimum absolute atomic E-state index is 0.240. The van der Waals surface area contributed by atoms with Gasteiger partial charge in [0, 0.05) is 57.9 Å². The standard InChI is InChI=1S/C27H33F2N5O2/c1-33-8-10-34(11-9-33)18-19-2-4-20(5-3-19)21-14-24(28)23(25(29)15-21)16-22(17-30)32-26(35)27(31)6-12-36-13-7-27/h2-5,14-15,22H,6-13,16,18,31H2,1H3,(H,32,35)/t22-/m0/s1. The van der Waals surface area contributed by atoms with Crippen LogP contribution in [0.1, 0.15) is 24.0 Å². The highest BCUT2D eigenvalue weighted by Crippen LogP contribution is 2.26. The van der Waals surface area contributed by atoms with E-state index in [-0.39, 0.29) is 12.0 Å². The number of ether oxygens (including phenoxy) is 1. The number of carbonyl (C=O) groups excluding carboxylic acids is 1. The summed E-state index contributed by atoms with van der Waals surface area (Å²) in [4.78, 5) is 17.3. The molecule has 0 bridgehead atoms. The van der Waals surface area contributed by atoms with Crippen LogP contribution in [0.4, 0.5) is 8.78 Å². The third kappa shape index (κ3) is 6.26. The van der Waals surface area contributed by atoms with Crippen LogP contribution in [0, 0.1) is 23.0 Å². The van der Waals surface area contributed by atoms with Crippen molar-refractivity contribution < 1.29 is 18.3 Å². The van der Waals surface area contributed by atoms with Gasteiger partial charge in [-0.3, -0.25) is 9.69 Å².